The molecule has 2 N–H and O–H groups in total. The van der Waals surface area contributed by atoms with Gasteiger partial charge in [-0.3, -0.25) is 9.69 Å². The molecular weight excluding hydrogens is 474 g/mol. The quantitative estimate of drug-likeness (QED) is 0.277. The molecule has 6 heteroatoms. The van der Waals surface area contributed by atoms with Crippen LogP contribution in [0.5, 0.6) is 11.5 Å². The number of nitrogens with one attached hydrogen (secondary N) is 2. The minimum Gasteiger partial charge on any atom is -0.497 e. The summed E-state index contributed by atoms with van der Waals surface area (Å²) >= 11 is 0. The number of nitrogens with zero attached hydrogens (tertiary/aromatic N) is 1. The van der Waals surface area contributed by atoms with Gasteiger partial charge in [-0.05, 0) is 92.0 Å². The molecule has 0 saturated carbocycles. The Bertz CT molecular complexity index is 1530. The monoisotopic (exact) mass is 507 g/mol. The van der Waals surface area contributed by atoms with Gasteiger partial charge >= 0.3 is 0 Å². The lowest BCUT2D eigenvalue weighted by Crippen LogP contribution is -2.33. The maximum atomic E-state index is 13.1. The summed E-state index contributed by atoms with van der Waals surface area (Å²) in [5, 5.41) is 4.14. The zero-order valence-electron chi connectivity index (χ0n) is 22.0. The van der Waals surface area contributed by atoms with Crippen LogP contribution in [0.4, 0.5) is 5.69 Å². The molecule has 6 nitrogen and oxygen atoms in total. The van der Waals surface area contributed by atoms with Gasteiger partial charge in [-0.2, -0.15) is 0 Å². The molecule has 38 heavy (non-hydrogen) atoms. The Balaban J connectivity index is 1.23. The van der Waals surface area contributed by atoms with Crippen molar-refractivity contribution >= 4 is 33.6 Å². The van der Waals surface area contributed by atoms with Crippen molar-refractivity contribution in [2.75, 3.05) is 38.7 Å². The summed E-state index contributed by atoms with van der Waals surface area (Å²) in [5.41, 5.74) is 7.38. The topological polar surface area (TPSA) is 66.6 Å². The lowest BCUT2D eigenvalue weighted by molar-refractivity contribution is -0.110. The van der Waals surface area contributed by atoms with E-state index in [-0.39, 0.29) is 5.91 Å². The van der Waals surface area contributed by atoms with E-state index in [1.807, 2.05) is 49.4 Å². The average molecular weight is 508 g/mol. The molecule has 0 bridgehead atoms. The summed E-state index contributed by atoms with van der Waals surface area (Å²) in [5.74, 6) is 1.60. The molecule has 1 fully saturated rings. The van der Waals surface area contributed by atoms with E-state index in [1.54, 1.807) is 7.11 Å². The van der Waals surface area contributed by atoms with E-state index in [1.165, 1.54) is 32.4 Å². The number of H-pyrrole nitrogens is 1. The van der Waals surface area contributed by atoms with Crippen molar-refractivity contribution in [3.63, 3.8) is 0 Å². The second kappa shape index (κ2) is 10.4. The van der Waals surface area contributed by atoms with Crippen LogP contribution in [-0.4, -0.2) is 49.1 Å². The van der Waals surface area contributed by atoms with Crippen LogP contribution >= 0.6 is 0 Å². The number of fused-ring (bicyclic) bond motifs is 2. The molecule has 0 unspecified atom stereocenters. The minimum absolute atomic E-state index is 0.0827. The molecule has 0 radical (unpaired) electrons. The number of amides is 1. The van der Waals surface area contributed by atoms with Crippen molar-refractivity contribution in [2.24, 2.45) is 0 Å². The predicted octanol–water partition coefficient (Wildman–Crippen LogP) is 6.59. The summed E-state index contributed by atoms with van der Waals surface area (Å²) in [4.78, 5) is 19.1. The van der Waals surface area contributed by atoms with Crippen LogP contribution in [0.2, 0.25) is 0 Å². The first kappa shape index (κ1) is 24.3. The number of aromatic amines is 1. The van der Waals surface area contributed by atoms with Crippen molar-refractivity contribution in [3.05, 3.63) is 78.0 Å². The maximum absolute atomic E-state index is 13.1. The highest BCUT2D eigenvalue weighted by atomic mass is 16.5. The highest BCUT2D eigenvalue weighted by Crippen LogP contribution is 2.40. The summed E-state index contributed by atoms with van der Waals surface area (Å²) < 4.78 is 11.4. The van der Waals surface area contributed by atoms with E-state index in [9.17, 15) is 4.79 Å². The zero-order chi connectivity index (χ0) is 26.1. The Labute approximate surface area is 223 Å². The molecule has 4 aromatic rings. The first-order chi connectivity index (χ1) is 18.6. The molecule has 194 valence electrons. The van der Waals surface area contributed by atoms with Gasteiger partial charge in [0.15, 0.2) is 0 Å². The second-order valence-electron chi connectivity index (χ2n) is 10.1. The largest absolute Gasteiger partial charge is 0.497 e. The molecule has 0 atom stereocenters. The number of likely N-dealkylation sites (tertiary alicyclic amines) is 1. The highest BCUT2D eigenvalue weighted by Gasteiger charge is 2.27. The Hall–Kier alpha value is -4.03. The number of ether oxygens (including phenoxy) is 2. The van der Waals surface area contributed by atoms with Gasteiger partial charge in [0.1, 0.15) is 18.1 Å². The molecular formula is C32H33N3O3. The van der Waals surface area contributed by atoms with Crippen LogP contribution in [0.25, 0.3) is 33.2 Å². The fraction of sp³-hybridized carbons (Fsp3) is 0.281. The minimum atomic E-state index is -0.0827. The fourth-order valence-electron chi connectivity index (χ4n) is 5.54. The number of piperidine rings is 1. The Morgan fingerprint density at radius 2 is 1.76 bits per heavy atom. The number of hydrogen-bond acceptors (Lipinski definition) is 4. The van der Waals surface area contributed by atoms with Crippen molar-refractivity contribution in [1.29, 1.82) is 0 Å². The van der Waals surface area contributed by atoms with Crippen molar-refractivity contribution in [3.8, 4) is 22.6 Å². The Morgan fingerprint density at radius 1 is 0.921 bits per heavy atom. The third-order valence-corrected chi connectivity index (χ3v) is 7.66. The van der Waals surface area contributed by atoms with Gasteiger partial charge in [-0.1, -0.05) is 30.7 Å². The van der Waals surface area contributed by atoms with Crippen molar-refractivity contribution < 1.29 is 14.3 Å². The van der Waals surface area contributed by atoms with Crippen LogP contribution in [0.3, 0.4) is 0 Å². The molecule has 3 heterocycles. The molecule has 1 saturated heterocycles. The molecule has 2 aliphatic rings. The normalized spacial score (nSPS) is 16.8. The van der Waals surface area contributed by atoms with E-state index in [0.29, 0.717) is 12.2 Å². The van der Waals surface area contributed by atoms with Gasteiger partial charge in [0.25, 0.3) is 5.91 Å². The van der Waals surface area contributed by atoms with Crippen molar-refractivity contribution in [1.82, 2.24) is 9.88 Å². The number of carbonyl (C=O) groups is 1. The van der Waals surface area contributed by atoms with E-state index >= 15 is 0 Å². The molecule has 2 aliphatic heterocycles. The Kier molecular flexibility index (Phi) is 6.64. The Morgan fingerprint density at radius 3 is 2.61 bits per heavy atom. The summed E-state index contributed by atoms with van der Waals surface area (Å²) in [7, 11) is 1.66. The number of allylic oxidation sites excluding steroid dienone is 1. The molecule has 3 aromatic carbocycles. The van der Waals surface area contributed by atoms with Gasteiger partial charge in [0, 0.05) is 34.4 Å². The number of benzene rings is 3. The van der Waals surface area contributed by atoms with E-state index in [0.717, 1.165) is 62.6 Å². The van der Waals surface area contributed by atoms with E-state index in [2.05, 4.69) is 39.5 Å². The van der Waals surface area contributed by atoms with Crippen LogP contribution in [0.1, 0.15) is 37.4 Å². The number of rotatable bonds is 7. The molecule has 1 aromatic heterocycles. The molecule has 1 amide bonds. The number of anilines is 1. The van der Waals surface area contributed by atoms with Gasteiger partial charge in [-0.25, -0.2) is 0 Å². The molecule has 0 spiro atoms. The first-order valence-electron chi connectivity index (χ1n) is 13.4. The maximum Gasteiger partial charge on any atom is 0.256 e. The number of aromatic nitrogens is 1. The van der Waals surface area contributed by atoms with Crippen LogP contribution < -0.4 is 14.8 Å². The van der Waals surface area contributed by atoms with E-state index < -0.39 is 0 Å². The van der Waals surface area contributed by atoms with Crippen LogP contribution in [0, 0.1) is 0 Å². The lowest BCUT2D eigenvalue weighted by atomic mass is 9.97. The van der Waals surface area contributed by atoms with Crippen molar-refractivity contribution in [2.45, 2.75) is 26.2 Å². The predicted molar refractivity (Wildman–Crippen MR) is 154 cm³/mol. The first-order valence-corrected chi connectivity index (χ1v) is 13.4. The number of methoxy groups -OCH3 is 1. The average Bonchev–Trinajstić information content (AvgIpc) is 3.53. The third kappa shape index (κ3) is 4.79. The highest BCUT2D eigenvalue weighted by molar-refractivity contribution is 6.36. The van der Waals surface area contributed by atoms with E-state index in [4.69, 9.17) is 9.47 Å². The third-order valence-electron chi connectivity index (χ3n) is 7.66. The molecule has 6 rings (SSSR count). The van der Waals surface area contributed by atoms with Gasteiger partial charge < -0.3 is 19.8 Å². The SMILES string of the molecule is COc1cccc(-c2ccc3c(c2)NC(=O)/C3=C(/C)c2cc3cc(OCCN4CCCCC4)ccc3[nH]2)c1. The molecule has 0 aliphatic carbocycles. The number of hydrogen-bond donors (Lipinski definition) is 2. The van der Waals surface area contributed by atoms with Crippen LogP contribution in [0.15, 0.2) is 66.7 Å². The van der Waals surface area contributed by atoms with Gasteiger partial charge in [0.05, 0.1) is 12.7 Å². The summed E-state index contributed by atoms with van der Waals surface area (Å²) in [6.45, 7) is 6.02. The zero-order valence-corrected chi connectivity index (χ0v) is 22.0. The van der Waals surface area contributed by atoms with Gasteiger partial charge in [-0.15, -0.1) is 0 Å². The standard InChI is InChI=1S/C32H33N3O3/c1-21(29-20-24-18-26(10-12-28(24)33-29)38-16-15-35-13-4-3-5-14-35)31-27-11-9-23(19-30(27)34-32(31)36)22-7-6-8-25(17-22)37-2/h6-12,17-20,33H,3-5,13-16H2,1-2H3,(H,34,36)/b31-21-. The number of carbonyl (C=O) groups excluding carboxylic acids is 1. The van der Waals surface area contributed by atoms with Gasteiger partial charge in [0.2, 0.25) is 0 Å². The fourth-order valence-corrected chi connectivity index (χ4v) is 5.54. The smallest absolute Gasteiger partial charge is 0.256 e. The lowest BCUT2D eigenvalue weighted by Gasteiger charge is -2.26. The summed E-state index contributed by atoms with van der Waals surface area (Å²) in [6, 6.07) is 22.3. The summed E-state index contributed by atoms with van der Waals surface area (Å²) in [6.07, 6.45) is 3.93. The van der Waals surface area contributed by atoms with Crippen LogP contribution in [-0.2, 0) is 4.79 Å². The second-order valence-corrected chi connectivity index (χ2v) is 10.1.